The molecule has 1 fully saturated rings. The van der Waals surface area contributed by atoms with Crippen LogP contribution in [0, 0.1) is 0 Å². The summed E-state index contributed by atoms with van der Waals surface area (Å²) in [6.07, 6.45) is -1.64. The largest absolute Gasteiger partial charge is 0.471 e. The van der Waals surface area contributed by atoms with Gasteiger partial charge in [0.1, 0.15) is 0 Å². The average Bonchev–Trinajstić information content (AvgIpc) is 3.18. The summed E-state index contributed by atoms with van der Waals surface area (Å²) in [5.41, 5.74) is 0.259. The summed E-state index contributed by atoms with van der Waals surface area (Å²) in [5, 5.41) is 2.89. The highest BCUT2D eigenvalue weighted by Crippen LogP contribution is 2.32. The summed E-state index contributed by atoms with van der Waals surface area (Å²) in [6.45, 7) is 0. The number of nitrogens with zero attached hydrogens (tertiary/aromatic N) is 2. The molecular weight excluding hydrogens is 333 g/mol. The minimum Gasteiger partial charge on any atom is -0.329 e. The first kappa shape index (κ1) is 16.0. The second kappa shape index (κ2) is 5.63. The van der Waals surface area contributed by atoms with E-state index in [1.54, 1.807) is 0 Å². The van der Waals surface area contributed by atoms with Crippen molar-refractivity contribution in [2.24, 2.45) is 0 Å². The van der Waals surface area contributed by atoms with Crippen LogP contribution in [0.4, 0.5) is 13.2 Å². The first-order valence-electron chi connectivity index (χ1n) is 7.04. The van der Waals surface area contributed by atoms with Gasteiger partial charge in [0.2, 0.25) is 5.82 Å². The number of hydrogen-bond acceptors (Lipinski definition) is 5. The van der Waals surface area contributed by atoms with Gasteiger partial charge in [0.05, 0.1) is 10.1 Å². The van der Waals surface area contributed by atoms with Gasteiger partial charge in [0.15, 0.2) is 9.84 Å². The van der Waals surface area contributed by atoms with Gasteiger partial charge in [-0.25, -0.2) is 8.42 Å². The van der Waals surface area contributed by atoms with E-state index in [0.717, 1.165) is 12.8 Å². The minimum atomic E-state index is -4.71. The first-order valence-corrected chi connectivity index (χ1v) is 8.58. The maximum atomic E-state index is 12.4. The maximum absolute atomic E-state index is 12.4. The van der Waals surface area contributed by atoms with E-state index in [1.807, 2.05) is 0 Å². The van der Waals surface area contributed by atoms with Crippen molar-refractivity contribution in [1.29, 1.82) is 0 Å². The first-order chi connectivity index (χ1) is 10.8. The number of halogens is 3. The molecule has 1 heterocycles. The normalized spacial score (nSPS) is 16.8. The molecule has 1 aromatic carbocycles. The van der Waals surface area contributed by atoms with Crippen molar-refractivity contribution in [2.45, 2.75) is 42.0 Å². The van der Waals surface area contributed by atoms with Crippen LogP contribution in [-0.4, -0.2) is 23.8 Å². The molecule has 0 N–H and O–H groups in total. The highest BCUT2D eigenvalue weighted by atomic mass is 32.2. The Bertz CT molecular complexity index is 791. The molecule has 1 saturated carbocycles. The molecule has 0 atom stereocenters. The van der Waals surface area contributed by atoms with Gasteiger partial charge in [0.25, 0.3) is 0 Å². The molecular formula is C14H13F3N2O3S. The van der Waals surface area contributed by atoms with Gasteiger partial charge in [-0.1, -0.05) is 18.0 Å². The van der Waals surface area contributed by atoms with E-state index in [1.165, 1.54) is 24.3 Å². The second-order valence-corrected chi connectivity index (χ2v) is 7.62. The molecule has 0 saturated heterocycles. The molecule has 0 unspecified atom stereocenters. The number of benzene rings is 1. The lowest BCUT2D eigenvalue weighted by Gasteiger charge is -2.11. The quantitative estimate of drug-likeness (QED) is 0.851. The Hall–Kier alpha value is -1.90. The number of aromatic nitrogens is 2. The van der Waals surface area contributed by atoms with E-state index in [-0.39, 0.29) is 21.5 Å². The van der Waals surface area contributed by atoms with E-state index < -0.39 is 21.9 Å². The van der Waals surface area contributed by atoms with Gasteiger partial charge >= 0.3 is 12.1 Å². The van der Waals surface area contributed by atoms with E-state index in [4.69, 9.17) is 0 Å². The molecule has 9 heteroatoms. The van der Waals surface area contributed by atoms with Crippen LogP contribution < -0.4 is 0 Å². The Morgan fingerprint density at radius 1 is 1.09 bits per heavy atom. The van der Waals surface area contributed by atoms with Crippen LogP contribution in [0.15, 0.2) is 33.7 Å². The van der Waals surface area contributed by atoms with Crippen molar-refractivity contribution in [3.05, 3.63) is 30.2 Å². The van der Waals surface area contributed by atoms with Crippen molar-refractivity contribution in [1.82, 2.24) is 10.1 Å². The van der Waals surface area contributed by atoms with Gasteiger partial charge in [-0.05, 0) is 37.1 Å². The van der Waals surface area contributed by atoms with Gasteiger partial charge in [0, 0.05) is 5.56 Å². The molecule has 1 aliphatic rings. The van der Waals surface area contributed by atoms with Crippen LogP contribution in [0.1, 0.15) is 31.6 Å². The zero-order valence-corrected chi connectivity index (χ0v) is 12.7. The lowest BCUT2D eigenvalue weighted by atomic mass is 10.2. The fourth-order valence-corrected chi connectivity index (χ4v) is 4.49. The molecule has 0 bridgehead atoms. The number of hydrogen-bond donors (Lipinski definition) is 0. The van der Waals surface area contributed by atoms with Crippen molar-refractivity contribution < 1.29 is 26.1 Å². The lowest BCUT2D eigenvalue weighted by Crippen LogP contribution is -2.17. The second-order valence-electron chi connectivity index (χ2n) is 5.40. The predicted octanol–water partition coefficient (Wildman–Crippen LogP) is 3.47. The van der Waals surface area contributed by atoms with Crippen LogP contribution in [0.3, 0.4) is 0 Å². The van der Waals surface area contributed by atoms with E-state index in [2.05, 4.69) is 14.7 Å². The molecule has 0 spiro atoms. The predicted molar refractivity (Wildman–Crippen MR) is 74.2 cm³/mol. The fourth-order valence-electron chi connectivity index (χ4n) is 2.64. The van der Waals surface area contributed by atoms with Crippen LogP contribution >= 0.6 is 0 Å². The van der Waals surface area contributed by atoms with Crippen molar-refractivity contribution in [3.63, 3.8) is 0 Å². The zero-order valence-electron chi connectivity index (χ0n) is 11.9. The van der Waals surface area contributed by atoms with Crippen LogP contribution in [0.25, 0.3) is 11.4 Å². The maximum Gasteiger partial charge on any atom is 0.471 e. The lowest BCUT2D eigenvalue weighted by molar-refractivity contribution is -0.159. The van der Waals surface area contributed by atoms with E-state index in [9.17, 15) is 21.6 Å². The fraction of sp³-hybridized carbons (Fsp3) is 0.429. The summed E-state index contributed by atoms with van der Waals surface area (Å²) < 4.78 is 66.3. The molecule has 5 nitrogen and oxygen atoms in total. The summed E-state index contributed by atoms with van der Waals surface area (Å²) in [7, 11) is -3.40. The highest BCUT2D eigenvalue weighted by molar-refractivity contribution is 7.92. The third-order valence-corrected chi connectivity index (χ3v) is 6.13. The summed E-state index contributed by atoms with van der Waals surface area (Å²) in [4.78, 5) is 3.43. The molecule has 0 aliphatic heterocycles. The van der Waals surface area contributed by atoms with Crippen LogP contribution in [0.5, 0.6) is 0 Å². The summed E-state index contributed by atoms with van der Waals surface area (Å²) in [6, 6.07) is 5.50. The third kappa shape index (κ3) is 3.10. The van der Waals surface area contributed by atoms with Gasteiger partial charge < -0.3 is 4.52 Å². The third-order valence-electron chi connectivity index (χ3n) is 3.85. The molecule has 0 amide bonds. The van der Waals surface area contributed by atoms with Gasteiger partial charge in [-0.2, -0.15) is 18.2 Å². The minimum absolute atomic E-state index is 0.160. The van der Waals surface area contributed by atoms with Crippen LogP contribution in [-0.2, 0) is 16.0 Å². The number of alkyl halides is 3. The Morgan fingerprint density at radius 3 is 2.22 bits per heavy atom. The Balaban J connectivity index is 1.86. The van der Waals surface area contributed by atoms with Crippen molar-refractivity contribution in [3.8, 4) is 11.4 Å². The Kier molecular flexibility index (Phi) is 3.91. The monoisotopic (exact) mass is 346 g/mol. The van der Waals surface area contributed by atoms with Crippen molar-refractivity contribution in [2.75, 3.05) is 0 Å². The Labute approximate surface area is 130 Å². The molecule has 1 aromatic heterocycles. The van der Waals surface area contributed by atoms with Gasteiger partial charge in [-0.3, -0.25) is 0 Å². The Morgan fingerprint density at radius 2 is 1.70 bits per heavy atom. The average molecular weight is 346 g/mol. The molecule has 0 radical (unpaired) electrons. The molecule has 3 rings (SSSR count). The molecule has 1 aliphatic carbocycles. The highest BCUT2D eigenvalue weighted by Gasteiger charge is 2.38. The standard InChI is InChI=1S/C14H13F3N2O3S/c15-14(16,17)13-18-12(19-22-13)9-5-7-11(8-6-9)23(20,21)10-3-1-2-4-10/h5-8,10H,1-4H2. The smallest absolute Gasteiger partial charge is 0.329 e. The summed E-state index contributed by atoms with van der Waals surface area (Å²) >= 11 is 0. The van der Waals surface area contributed by atoms with E-state index in [0.29, 0.717) is 12.8 Å². The molecule has 23 heavy (non-hydrogen) atoms. The topological polar surface area (TPSA) is 73.1 Å². The zero-order chi connectivity index (χ0) is 16.7. The SMILES string of the molecule is O=S(=O)(c1ccc(-c2noc(C(F)(F)F)n2)cc1)C1CCCC1. The van der Waals surface area contributed by atoms with E-state index >= 15 is 0 Å². The number of sulfone groups is 1. The van der Waals surface area contributed by atoms with Crippen LogP contribution in [0.2, 0.25) is 0 Å². The van der Waals surface area contributed by atoms with Crippen molar-refractivity contribution >= 4 is 9.84 Å². The summed E-state index contributed by atoms with van der Waals surface area (Å²) in [5.74, 6) is -1.67. The number of rotatable bonds is 3. The molecule has 124 valence electrons. The van der Waals surface area contributed by atoms with Gasteiger partial charge in [-0.15, -0.1) is 0 Å². The molecule has 2 aromatic rings.